The molecule has 0 aliphatic carbocycles. The fourth-order valence-corrected chi connectivity index (χ4v) is 2.82. The van der Waals surface area contributed by atoms with Crippen molar-refractivity contribution in [3.05, 3.63) is 52.1 Å². The minimum absolute atomic E-state index is 0.210. The highest BCUT2D eigenvalue weighted by Crippen LogP contribution is 2.25. The van der Waals surface area contributed by atoms with E-state index in [4.69, 9.17) is 4.74 Å². The molecule has 1 aliphatic heterocycles. The van der Waals surface area contributed by atoms with Crippen molar-refractivity contribution < 1.29 is 13.5 Å². The Morgan fingerprint density at radius 2 is 2.00 bits per heavy atom. The van der Waals surface area contributed by atoms with E-state index in [-0.39, 0.29) is 17.7 Å². The minimum atomic E-state index is -0.885. The second kappa shape index (κ2) is 6.96. The number of ether oxygens (including phenoxy) is 1. The molecule has 0 spiro atoms. The van der Waals surface area contributed by atoms with Crippen LogP contribution >= 0.6 is 0 Å². The number of aromatic amines is 1. The molecule has 1 fully saturated rings. The molecule has 0 bridgehead atoms. The van der Waals surface area contributed by atoms with Gasteiger partial charge >= 0.3 is 0 Å². The Morgan fingerprint density at radius 3 is 2.67 bits per heavy atom. The van der Waals surface area contributed by atoms with E-state index in [1.165, 1.54) is 25.6 Å². The molecule has 0 unspecified atom stereocenters. The largest absolute Gasteiger partial charge is 0.496 e. The number of benzene rings is 1. The molecule has 1 saturated heterocycles. The van der Waals surface area contributed by atoms with E-state index in [1.54, 1.807) is 0 Å². The van der Waals surface area contributed by atoms with Crippen molar-refractivity contribution in [3.8, 4) is 5.75 Å². The van der Waals surface area contributed by atoms with E-state index in [9.17, 15) is 13.6 Å². The Kier molecular flexibility index (Phi) is 4.75. The van der Waals surface area contributed by atoms with Crippen LogP contribution in [-0.4, -0.2) is 48.2 Å². The third kappa shape index (κ3) is 3.23. The molecule has 6 nitrogen and oxygen atoms in total. The Bertz CT molecular complexity index is 773. The molecule has 1 N–H and O–H groups in total. The summed E-state index contributed by atoms with van der Waals surface area (Å²) in [7, 11) is 1.43. The van der Waals surface area contributed by atoms with E-state index in [1.807, 2.05) is 9.80 Å². The van der Waals surface area contributed by atoms with Crippen molar-refractivity contribution in [2.45, 2.75) is 6.54 Å². The van der Waals surface area contributed by atoms with Crippen molar-refractivity contribution in [1.29, 1.82) is 0 Å². The van der Waals surface area contributed by atoms with Crippen LogP contribution in [-0.2, 0) is 6.54 Å². The smallest absolute Gasteiger partial charge is 0.290 e. The molecule has 24 heavy (non-hydrogen) atoms. The van der Waals surface area contributed by atoms with Crippen LogP contribution in [0.25, 0.3) is 0 Å². The number of aromatic nitrogens is 2. The molecule has 8 heteroatoms. The molecule has 2 heterocycles. The van der Waals surface area contributed by atoms with E-state index in [2.05, 4.69) is 9.97 Å². The lowest BCUT2D eigenvalue weighted by Gasteiger charge is -2.35. The third-order valence-electron chi connectivity index (χ3n) is 4.12. The van der Waals surface area contributed by atoms with Crippen LogP contribution in [0.1, 0.15) is 5.56 Å². The monoisotopic (exact) mass is 336 g/mol. The summed E-state index contributed by atoms with van der Waals surface area (Å²) < 4.78 is 32.7. The number of hydrogen-bond acceptors (Lipinski definition) is 5. The zero-order chi connectivity index (χ0) is 17.1. The lowest BCUT2D eigenvalue weighted by Crippen LogP contribution is -2.47. The van der Waals surface area contributed by atoms with Crippen LogP contribution < -0.4 is 15.2 Å². The van der Waals surface area contributed by atoms with E-state index in [0.29, 0.717) is 37.7 Å². The fraction of sp³-hybridized carbons (Fsp3) is 0.375. The number of anilines is 1. The molecule has 0 saturated carbocycles. The Hall–Kier alpha value is -2.48. The first-order valence-electron chi connectivity index (χ1n) is 7.62. The molecule has 3 rings (SSSR count). The number of rotatable bonds is 4. The van der Waals surface area contributed by atoms with Crippen LogP contribution in [0.4, 0.5) is 14.6 Å². The minimum Gasteiger partial charge on any atom is -0.496 e. The quantitative estimate of drug-likeness (QED) is 0.914. The maximum atomic E-state index is 14.1. The summed E-state index contributed by atoms with van der Waals surface area (Å²) in [5.74, 6) is -1.05. The lowest BCUT2D eigenvalue weighted by atomic mass is 10.1. The first-order chi connectivity index (χ1) is 11.6. The summed E-state index contributed by atoms with van der Waals surface area (Å²) in [4.78, 5) is 22.3. The fourth-order valence-electron chi connectivity index (χ4n) is 2.82. The van der Waals surface area contributed by atoms with Gasteiger partial charge in [-0.1, -0.05) is 0 Å². The molecular formula is C16H18F2N4O2. The van der Waals surface area contributed by atoms with Crippen molar-refractivity contribution >= 4 is 5.82 Å². The second-order valence-electron chi connectivity index (χ2n) is 5.55. The number of nitrogens with one attached hydrogen (secondary N) is 1. The summed E-state index contributed by atoms with van der Waals surface area (Å²) in [6, 6.07) is 2.49. The summed E-state index contributed by atoms with van der Waals surface area (Å²) in [6.07, 6.45) is 3.02. The van der Waals surface area contributed by atoms with Gasteiger partial charge in [0.1, 0.15) is 5.75 Å². The molecule has 128 valence electrons. The molecule has 1 aliphatic rings. The third-order valence-corrected chi connectivity index (χ3v) is 4.12. The first-order valence-corrected chi connectivity index (χ1v) is 7.62. The first kappa shape index (κ1) is 16.4. The number of piperazine rings is 1. The number of methoxy groups -OCH3 is 1. The van der Waals surface area contributed by atoms with Gasteiger partial charge in [0.15, 0.2) is 17.5 Å². The van der Waals surface area contributed by atoms with Gasteiger partial charge in [-0.3, -0.25) is 9.69 Å². The number of H-pyrrole nitrogens is 1. The number of hydrogen-bond donors (Lipinski definition) is 1. The molecular weight excluding hydrogens is 318 g/mol. The summed E-state index contributed by atoms with van der Waals surface area (Å²) in [5.41, 5.74) is -0.0228. The van der Waals surface area contributed by atoms with Crippen LogP contribution in [0.3, 0.4) is 0 Å². The van der Waals surface area contributed by atoms with Gasteiger partial charge < -0.3 is 14.6 Å². The average Bonchev–Trinajstić information content (AvgIpc) is 2.60. The molecule has 2 aromatic rings. The van der Waals surface area contributed by atoms with E-state index < -0.39 is 11.6 Å². The standard InChI is InChI=1S/C16H18F2N4O2/c1-24-13-3-2-12(17)14(18)11(13)10-21-6-8-22(9-7-21)15-16(23)20-5-4-19-15/h2-5H,6-10H2,1H3,(H,20,23). The van der Waals surface area contributed by atoms with Gasteiger partial charge in [0.05, 0.1) is 7.11 Å². The maximum absolute atomic E-state index is 14.1. The number of nitrogens with zero attached hydrogens (tertiary/aromatic N) is 3. The van der Waals surface area contributed by atoms with Crippen molar-refractivity contribution in [1.82, 2.24) is 14.9 Å². The zero-order valence-corrected chi connectivity index (χ0v) is 13.3. The summed E-state index contributed by atoms with van der Waals surface area (Å²) >= 11 is 0. The average molecular weight is 336 g/mol. The Morgan fingerprint density at radius 1 is 1.25 bits per heavy atom. The van der Waals surface area contributed by atoms with Gasteiger partial charge in [-0.15, -0.1) is 0 Å². The van der Waals surface area contributed by atoms with Gasteiger partial charge in [-0.2, -0.15) is 0 Å². The predicted octanol–water partition coefficient (Wildman–Crippen LogP) is 1.38. The molecule has 0 atom stereocenters. The predicted molar refractivity (Wildman–Crippen MR) is 85.3 cm³/mol. The molecule has 1 aromatic heterocycles. The second-order valence-corrected chi connectivity index (χ2v) is 5.55. The van der Waals surface area contributed by atoms with Crippen LogP contribution in [0.15, 0.2) is 29.3 Å². The lowest BCUT2D eigenvalue weighted by molar-refractivity contribution is 0.240. The summed E-state index contributed by atoms with van der Waals surface area (Å²) in [6.45, 7) is 2.63. The highest BCUT2D eigenvalue weighted by Gasteiger charge is 2.23. The highest BCUT2D eigenvalue weighted by molar-refractivity contribution is 5.37. The highest BCUT2D eigenvalue weighted by atomic mass is 19.2. The molecule has 1 aromatic carbocycles. The Balaban J connectivity index is 1.69. The van der Waals surface area contributed by atoms with Gasteiger partial charge in [-0.25, -0.2) is 13.8 Å². The van der Waals surface area contributed by atoms with Crippen molar-refractivity contribution in [2.24, 2.45) is 0 Å². The van der Waals surface area contributed by atoms with Crippen LogP contribution in [0.2, 0.25) is 0 Å². The van der Waals surface area contributed by atoms with Crippen LogP contribution in [0.5, 0.6) is 5.75 Å². The van der Waals surface area contributed by atoms with Gasteiger partial charge in [0.25, 0.3) is 5.56 Å². The summed E-state index contributed by atoms with van der Waals surface area (Å²) in [5, 5.41) is 0. The SMILES string of the molecule is COc1ccc(F)c(F)c1CN1CCN(c2ncc[nH]c2=O)CC1. The van der Waals surface area contributed by atoms with E-state index >= 15 is 0 Å². The van der Waals surface area contributed by atoms with Crippen molar-refractivity contribution in [3.63, 3.8) is 0 Å². The van der Waals surface area contributed by atoms with E-state index in [0.717, 1.165) is 6.07 Å². The zero-order valence-electron chi connectivity index (χ0n) is 13.3. The topological polar surface area (TPSA) is 61.5 Å². The number of halogens is 2. The van der Waals surface area contributed by atoms with Gasteiger partial charge in [0.2, 0.25) is 0 Å². The molecule has 0 radical (unpaired) electrons. The Labute approximate surface area is 137 Å². The van der Waals surface area contributed by atoms with Crippen molar-refractivity contribution in [2.75, 3.05) is 38.2 Å². The maximum Gasteiger partial charge on any atom is 0.290 e. The van der Waals surface area contributed by atoms with Gasteiger partial charge in [-0.05, 0) is 12.1 Å². The molecule has 0 amide bonds. The van der Waals surface area contributed by atoms with Crippen LogP contribution in [0, 0.1) is 11.6 Å². The van der Waals surface area contributed by atoms with Gasteiger partial charge in [0, 0.05) is 50.7 Å². The normalized spacial score (nSPS) is 15.5.